The largest absolute Gasteiger partial charge is 0.381 e. The molecule has 0 aromatic heterocycles. The van der Waals surface area contributed by atoms with Gasteiger partial charge >= 0.3 is 0 Å². The minimum absolute atomic E-state index is 0.190. The van der Waals surface area contributed by atoms with Gasteiger partial charge in [-0.25, -0.2) is 0 Å². The standard InChI is InChI=1S/C16H31N3O2/c1-3-8-18-16(15(17)20,14-6-7-14)12-19(2)10-13-5-4-9-21-11-13/h13-14,18H,3-12H2,1-2H3,(H2,17,20). The maximum atomic E-state index is 12.1. The predicted molar refractivity (Wildman–Crippen MR) is 84.0 cm³/mol. The lowest BCUT2D eigenvalue weighted by Gasteiger charge is -2.37. The molecule has 1 aliphatic heterocycles. The fourth-order valence-electron chi connectivity index (χ4n) is 3.50. The molecule has 1 heterocycles. The van der Waals surface area contributed by atoms with Gasteiger partial charge in [-0.05, 0) is 57.5 Å². The predicted octanol–water partition coefficient (Wildman–Crippen LogP) is 0.979. The molecule has 21 heavy (non-hydrogen) atoms. The second kappa shape index (κ2) is 7.56. The average molecular weight is 297 g/mol. The Kier molecular flexibility index (Phi) is 6.02. The van der Waals surface area contributed by atoms with Crippen molar-refractivity contribution < 1.29 is 9.53 Å². The van der Waals surface area contributed by atoms with Crippen molar-refractivity contribution in [1.29, 1.82) is 0 Å². The van der Waals surface area contributed by atoms with Gasteiger partial charge in [0.05, 0.1) is 6.61 Å². The van der Waals surface area contributed by atoms with Gasteiger partial charge in [-0.1, -0.05) is 6.92 Å². The van der Waals surface area contributed by atoms with Crippen LogP contribution in [0.1, 0.15) is 39.0 Å². The molecule has 2 unspecified atom stereocenters. The number of likely N-dealkylation sites (N-methyl/N-ethyl adjacent to an activating group) is 1. The molecule has 0 spiro atoms. The Hall–Kier alpha value is -0.650. The molecule has 5 heteroatoms. The van der Waals surface area contributed by atoms with Crippen LogP contribution in [0.15, 0.2) is 0 Å². The maximum Gasteiger partial charge on any atom is 0.239 e. The van der Waals surface area contributed by atoms with Crippen molar-refractivity contribution >= 4 is 5.91 Å². The normalized spacial score (nSPS) is 25.8. The summed E-state index contributed by atoms with van der Waals surface area (Å²) in [5.41, 5.74) is 5.24. The molecular formula is C16H31N3O2. The summed E-state index contributed by atoms with van der Waals surface area (Å²) in [4.78, 5) is 14.4. The Morgan fingerprint density at radius 2 is 2.19 bits per heavy atom. The van der Waals surface area contributed by atoms with Crippen molar-refractivity contribution in [3.05, 3.63) is 0 Å². The molecule has 122 valence electrons. The minimum atomic E-state index is -0.541. The summed E-state index contributed by atoms with van der Waals surface area (Å²) in [6.45, 7) is 6.40. The van der Waals surface area contributed by atoms with Gasteiger partial charge in [-0.2, -0.15) is 0 Å². The van der Waals surface area contributed by atoms with Crippen molar-refractivity contribution in [2.75, 3.05) is 39.9 Å². The van der Waals surface area contributed by atoms with Crippen LogP contribution in [0.3, 0.4) is 0 Å². The smallest absolute Gasteiger partial charge is 0.239 e. The lowest BCUT2D eigenvalue weighted by atomic mass is 9.90. The second-order valence-electron chi connectivity index (χ2n) is 6.82. The molecule has 0 aromatic rings. The number of carbonyl (C=O) groups excluding carboxylic acids is 1. The van der Waals surface area contributed by atoms with Gasteiger partial charge in [0.15, 0.2) is 0 Å². The first kappa shape index (κ1) is 16.7. The number of amides is 1. The number of nitrogens with one attached hydrogen (secondary N) is 1. The third-order valence-corrected chi connectivity index (χ3v) is 4.75. The summed E-state index contributed by atoms with van der Waals surface area (Å²) in [5.74, 6) is 0.802. The van der Waals surface area contributed by atoms with Crippen LogP contribution in [-0.4, -0.2) is 56.2 Å². The van der Waals surface area contributed by atoms with E-state index >= 15 is 0 Å². The van der Waals surface area contributed by atoms with E-state index in [1.165, 1.54) is 6.42 Å². The SMILES string of the molecule is CCCNC(CN(C)CC1CCCOC1)(C(N)=O)C1CC1. The average Bonchev–Trinajstić information content (AvgIpc) is 3.29. The van der Waals surface area contributed by atoms with E-state index in [-0.39, 0.29) is 5.91 Å². The summed E-state index contributed by atoms with van der Waals surface area (Å²) in [7, 11) is 2.10. The second-order valence-corrected chi connectivity index (χ2v) is 6.82. The first-order valence-corrected chi connectivity index (χ1v) is 8.39. The number of carbonyl (C=O) groups is 1. The van der Waals surface area contributed by atoms with Gasteiger partial charge in [0, 0.05) is 19.7 Å². The van der Waals surface area contributed by atoms with Gasteiger partial charge in [-0.3, -0.25) is 4.79 Å². The number of ether oxygens (including phenoxy) is 1. The first-order valence-electron chi connectivity index (χ1n) is 8.39. The number of nitrogens with zero attached hydrogens (tertiary/aromatic N) is 1. The quantitative estimate of drug-likeness (QED) is 0.666. The highest BCUT2D eigenvalue weighted by molar-refractivity contribution is 5.86. The number of nitrogens with two attached hydrogens (primary N) is 1. The third kappa shape index (κ3) is 4.41. The zero-order valence-corrected chi connectivity index (χ0v) is 13.6. The highest BCUT2D eigenvalue weighted by atomic mass is 16.5. The van der Waals surface area contributed by atoms with E-state index in [0.717, 1.165) is 52.0 Å². The molecule has 2 rings (SSSR count). The van der Waals surface area contributed by atoms with E-state index in [1.54, 1.807) is 0 Å². The van der Waals surface area contributed by atoms with Crippen LogP contribution in [0.25, 0.3) is 0 Å². The molecule has 1 amide bonds. The van der Waals surface area contributed by atoms with Crippen LogP contribution in [-0.2, 0) is 9.53 Å². The van der Waals surface area contributed by atoms with Crippen LogP contribution in [0, 0.1) is 11.8 Å². The zero-order valence-electron chi connectivity index (χ0n) is 13.6. The molecule has 0 aromatic carbocycles. The molecule has 0 radical (unpaired) electrons. The lowest BCUT2D eigenvalue weighted by Crippen LogP contribution is -2.63. The number of hydrogen-bond donors (Lipinski definition) is 2. The molecule has 3 N–H and O–H groups in total. The van der Waals surface area contributed by atoms with E-state index in [4.69, 9.17) is 10.5 Å². The zero-order chi connectivity index (χ0) is 15.3. The van der Waals surface area contributed by atoms with E-state index in [0.29, 0.717) is 18.4 Å². The van der Waals surface area contributed by atoms with E-state index < -0.39 is 5.54 Å². The summed E-state index contributed by atoms with van der Waals surface area (Å²) in [6.07, 6.45) is 5.61. The molecule has 1 saturated carbocycles. The van der Waals surface area contributed by atoms with Crippen LogP contribution < -0.4 is 11.1 Å². The van der Waals surface area contributed by atoms with Gasteiger partial charge in [0.1, 0.15) is 5.54 Å². The first-order chi connectivity index (χ1) is 10.1. The van der Waals surface area contributed by atoms with Gasteiger partial charge in [0.2, 0.25) is 5.91 Å². The number of primary amides is 1. The van der Waals surface area contributed by atoms with Crippen LogP contribution in [0.2, 0.25) is 0 Å². The fraction of sp³-hybridized carbons (Fsp3) is 0.938. The molecule has 1 aliphatic carbocycles. The van der Waals surface area contributed by atoms with Gasteiger partial charge < -0.3 is 20.7 Å². The molecule has 2 fully saturated rings. The molecule has 5 nitrogen and oxygen atoms in total. The Morgan fingerprint density at radius 1 is 1.43 bits per heavy atom. The molecule has 2 atom stereocenters. The minimum Gasteiger partial charge on any atom is -0.381 e. The molecule has 0 bridgehead atoms. The van der Waals surface area contributed by atoms with Crippen molar-refractivity contribution in [3.8, 4) is 0 Å². The topological polar surface area (TPSA) is 67.6 Å². The van der Waals surface area contributed by atoms with Gasteiger partial charge in [-0.15, -0.1) is 0 Å². The van der Waals surface area contributed by atoms with Crippen LogP contribution >= 0.6 is 0 Å². The fourth-order valence-corrected chi connectivity index (χ4v) is 3.50. The Bertz CT molecular complexity index is 340. The Morgan fingerprint density at radius 3 is 2.71 bits per heavy atom. The lowest BCUT2D eigenvalue weighted by molar-refractivity contribution is -0.126. The summed E-state index contributed by atoms with van der Waals surface area (Å²) < 4.78 is 5.55. The summed E-state index contributed by atoms with van der Waals surface area (Å²) in [6, 6.07) is 0. The van der Waals surface area contributed by atoms with E-state index in [2.05, 4.69) is 24.2 Å². The van der Waals surface area contributed by atoms with Gasteiger partial charge in [0.25, 0.3) is 0 Å². The highest BCUT2D eigenvalue weighted by Gasteiger charge is 2.50. The van der Waals surface area contributed by atoms with Crippen LogP contribution in [0.5, 0.6) is 0 Å². The third-order valence-electron chi connectivity index (χ3n) is 4.75. The van der Waals surface area contributed by atoms with Crippen molar-refractivity contribution in [2.45, 2.75) is 44.6 Å². The number of rotatable bonds is 9. The Labute approximate surface area is 128 Å². The molecular weight excluding hydrogens is 266 g/mol. The van der Waals surface area contributed by atoms with Crippen molar-refractivity contribution in [2.24, 2.45) is 17.6 Å². The summed E-state index contributed by atoms with van der Waals surface area (Å²) >= 11 is 0. The molecule has 2 aliphatic rings. The monoisotopic (exact) mass is 297 g/mol. The van der Waals surface area contributed by atoms with E-state index in [9.17, 15) is 4.79 Å². The van der Waals surface area contributed by atoms with Crippen molar-refractivity contribution in [3.63, 3.8) is 0 Å². The number of hydrogen-bond acceptors (Lipinski definition) is 4. The summed E-state index contributed by atoms with van der Waals surface area (Å²) in [5, 5.41) is 3.47. The van der Waals surface area contributed by atoms with Crippen LogP contribution in [0.4, 0.5) is 0 Å². The highest BCUT2D eigenvalue weighted by Crippen LogP contribution is 2.40. The van der Waals surface area contributed by atoms with E-state index in [1.807, 2.05) is 0 Å². The van der Waals surface area contributed by atoms with Crippen molar-refractivity contribution in [1.82, 2.24) is 10.2 Å². The maximum absolute atomic E-state index is 12.1. The molecule has 1 saturated heterocycles. The Balaban J connectivity index is 1.94.